The molecule has 15 heavy (non-hydrogen) atoms. The second-order valence-electron chi connectivity index (χ2n) is 5.05. The molecule has 1 aliphatic rings. The number of pyridine rings is 1. The first-order chi connectivity index (χ1) is 6.98. The fourth-order valence-electron chi connectivity index (χ4n) is 1.48. The van der Waals surface area contributed by atoms with E-state index in [1.165, 1.54) is 18.4 Å². The van der Waals surface area contributed by atoms with E-state index >= 15 is 0 Å². The Hall–Kier alpha value is -0.570. The van der Waals surface area contributed by atoms with Gasteiger partial charge < -0.3 is 4.74 Å². The molecule has 1 fully saturated rings. The molecular weight excluding hydrogens is 254 g/mol. The third kappa shape index (κ3) is 2.51. The van der Waals surface area contributed by atoms with Crippen molar-refractivity contribution in [3.63, 3.8) is 0 Å². The molecule has 0 spiro atoms. The van der Waals surface area contributed by atoms with Gasteiger partial charge in [-0.2, -0.15) is 0 Å². The maximum Gasteiger partial charge on any atom is 0.156 e. The van der Waals surface area contributed by atoms with Crippen molar-refractivity contribution in [3.8, 4) is 5.75 Å². The molecule has 2 nitrogen and oxygen atoms in total. The van der Waals surface area contributed by atoms with E-state index in [2.05, 4.69) is 41.7 Å². The van der Waals surface area contributed by atoms with Crippen molar-refractivity contribution in [1.29, 1.82) is 0 Å². The Balaban J connectivity index is 2.38. The van der Waals surface area contributed by atoms with Gasteiger partial charge in [0.05, 0.1) is 6.10 Å². The summed E-state index contributed by atoms with van der Waals surface area (Å²) < 4.78 is 6.73. The Labute approximate surface area is 99.2 Å². The Morgan fingerprint density at radius 2 is 2.07 bits per heavy atom. The second kappa shape index (κ2) is 3.78. The largest absolute Gasteiger partial charge is 0.487 e. The van der Waals surface area contributed by atoms with Crippen molar-refractivity contribution in [3.05, 3.63) is 22.4 Å². The molecule has 0 atom stereocenters. The third-order valence-corrected chi connectivity index (χ3v) is 3.04. The molecule has 0 unspecified atom stereocenters. The maximum absolute atomic E-state index is 5.90. The van der Waals surface area contributed by atoms with Crippen molar-refractivity contribution >= 4 is 15.9 Å². The molecule has 0 saturated heterocycles. The van der Waals surface area contributed by atoms with E-state index < -0.39 is 0 Å². The quantitative estimate of drug-likeness (QED) is 0.765. The average molecular weight is 270 g/mol. The molecule has 0 bridgehead atoms. The molecule has 0 radical (unpaired) electrons. The van der Waals surface area contributed by atoms with Crippen molar-refractivity contribution in [1.82, 2.24) is 4.98 Å². The lowest BCUT2D eigenvalue weighted by Crippen LogP contribution is -2.14. The molecule has 1 aliphatic carbocycles. The summed E-state index contributed by atoms with van der Waals surface area (Å²) in [4.78, 5) is 4.23. The van der Waals surface area contributed by atoms with Crippen LogP contribution in [0, 0.1) is 0 Å². The average Bonchev–Trinajstić information content (AvgIpc) is 2.90. The molecule has 1 aromatic rings. The Morgan fingerprint density at radius 1 is 1.40 bits per heavy atom. The fraction of sp³-hybridized carbons (Fsp3) is 0.583. The van der Waals surface area contributed by atoms with Gasteiger partial charge in [-0.15, -0.1) is 0 Å². The Bertz CT molecular complexity index is 366. The molecule has 1 heterocycles. The summed E-state index contributed by atoms with van der Waals surface area (Å²) in [6.45, 7) is 6.57. The highest BCUT2D eigenvalue weighted by Crippen LogP contribution is 2.38. The van der Waals surface area contributed by atoms with Crippen LogP contribution in [0.3, 0.4) is 0 Å². The summed E-state index contributed by atoms with van der Waals surface area (Å²) in [5.74, 6) is 0.924. The molecule has 0 aromatic carbocycles. The first-order valence-electron chi connectivity index (χ1n) is 5.30. The molecule has 0 aliphatic heterocycles. The summed E-state index contributed by atoms with van der Waals surface area (Å²) in [7, 11) is 0. The normalized spacial score (nSPS) is 16.5. The number of hydrogen-bond acceptors (Lipinski definition) is 2. The topological polar surface area (TPSA) is 22.1 Å². The zero-order valence-electron chi connectivity index (χ0n) is 9.38. The van der Waals surface area contributed by atoms with Crippen LogP contribution < -0.4 is 4.74 Å². The Morgan fingerprint density at radius 3 is 2.60 bits per heavy atom. The van der Waals surface area contributed by atoms with Crippen LogP contribution in [0.2, 0.25) is 0 Å². The highest BCUT2D eigenvalue weighted by Gasteiger charge is 2.28. The summed E-state index contributed by atoms with van der Waals surface area (Å²) in [5.41, 5.74) is 1.31. The van der Waals surface area contributed by atoms with Crippen LogP contribution >= 0.6 is 15.9 Å². The van der Waals surface area contributed by atoms with E-state index in [0.717, 1.165) is 10.4 Å². The van der Waals surface area contributed by atoms with Crippen LogP contribution in [0.1, 0.15) is 39.2 Å². The minimum Gasteiger partial charge on any atom is -0.487 e. The molecular formula is C12H16BrNO. The highest BCUT2D eigenvalue weighted by atomic mass is 79.9. The lowest BCUT2D eigenvalue weighted by molar-refractivity contribution is 0.291. The van der Waals surface area contributed by atoms with Gasteiger partial charge in [0.1, 0.15) is 4.60 Å². The van der Waals surface area contributed by atoms with Crippen molar-refractivity contribution in [2.75, 3.05) is 0 Å². The number of ether oxygens (including phenoxy) is 1. The van der Waals surface area contributed by atoms with Crippen LogP contribution in [0.15, 0.2) is 16.9 Å². The predicted octanol–water partition coefficient (Wildman–Crippen LogP) is 3.68. The van der Waals surface area contributed by atoms with Gasteiger partial charge in [-0.25, -0.2) is 4.98 Å². The number of rotatable bonds is 2. The van der Waals surface area contributed by atoms with Gasteiger partial charge in [-0.3, -0.25) is 0 Å². The molecule has 1 aromatic heterocycles. The fourth-order valence-corrected chi connectivity index (χ4v) is 1.90. The van der Waals surface area contributed by atoms with Crippen molar-refractivity contribution < 1.29 is 4.74 Å². The third-order valence-electron chi connectivity index (χ3n) is 2.48. The smallest absolute Gasteiger partial charge is 0.156 e. The summed E-state index contributed by atoms with van der Waals surface area (Å²) >= 11 is 3.46. The molecule has 1 saturated carbocycles. The number of halogens is 1. The minimum atomic E-state index is 0.0929. The first kappa shape index (κ1) is 10.9. The predicted molar refractivity (Wildman–Crippen MR) is 64.3 cm³/mol. The van der Waals surface area contributed by atoms with Crippen LogP contribution in [0.25, 0.3) is 0 Å². The highest BCUT2D eigenvalue weighted by molar-refractivity contribution is 9.10. The maximum atomic E-state index is 5.90. The van der Waals surface area contributed by atoms with Crippen LogP contribution in [0.4, 0.5) is 0 Å². The van der Waals surface area contributed by atoms with E-state index in [-0.39, 0.29) is 5.41 Å². The van der Waals surface area contributed by atoms with Crippen LogP contribution in [-0.2, 0) is 5.41 Å². The lowest BCUT2D eigenvalue weighted by Gasteiger charge is -2.23. The van der Waals surface area contributed by atoms with E-state index in [1.807, 2.05) is 12.3 Å². The molecule has 0 amide bonds. The zero-order chi connectivity index (χ0) is 11.1. The van der Waals surface area contributed by atoms with Crippen LogP contribution in [-0.4, -0.2) is 11.1 Å². The van der Waals surface area contributed by atoms with Gasteiger partial charge in [0.15, 0.2) is 5.75 Å². The van der Waals surface area contributed by atoms with Gasteiger partial charge in [0.2, 0.25) is 0 Å². The van der Waals surface area contributed by atoms with E-state index in [9.17, 15) is 0 Å². The van der Waals surface area contributed by atoms with E-state index in [1.54, 1.807) is 0 Å². The Kier molecular flexibility index (Phi) is 2.75. The lowest BCUT2D eigenvalue weighted by atomic mass is 9.87. The van der Waals surface area contributed by atoms with Gasteiger partial charge in [0, 0.05) is 11.8 Å². The van der Waals surface area contributed by atoms with Gasteiger partial charge >= 0.3 is 0 Å². The molecule has 3 heteroatoms. The molecule has 0 N–H and O–H groups in total. The van der Waals surface area contributed by atoms with Crippen molar-refractivity contribution in [2.45, 2.75) is 45.1 Å². The van der Waals surface area contributed by atoms with Gasteiger partial charge in [0.25, 0.3) is 0 Å². The molecule has 2 rings (SSSR count). The minimum absolute atomic E-state index is 0.0929. The monoisotopic (exact) mass is 269 g/mol. The van der Waals surface area contributed by atoms with E-state index in [4.69, 9.17) is 4.74 Å². The van der Waals surface area contributed by atoms with Crippen molar-refractivity contribution in [2.24, 2.45) is 0 Å². The van der Waals surface area contributed by atoms with Crippen LogP contribution in [0.5, 0.6) is 5.75 Å². The number of aromatic nitrogens is 1. The van der Waals surface area contributed by atoms with E-state index in [0.29, 0.717) is 6.10 Å². The summed E-state index contributed by atoms with van der Waals surface area (Å²) in [5, 5.41) is 0. The molecule has 82 valence electrons. The standard InChI is InChI=1S/C12H16BrNO/c1-12(2,3)9-6-7-14-11(13)10(9)15-8-4-5-8/h6-8H,4-5H2,1-3H3. The number of nitrogens with zero attached hydrogens (tertiary/aromatic N) is 1. The SMILES string of the molecule is CC(C)(C)c1ccnc(Br)c1OC1CC1. The first-order valence-corrected chi connectivity index (χ1v) is 6.09. The summed E-state index contributed by atoms with van der Waals surface area (Å²) in [6.07, 6.45) is 4.58. The van der Waals surface area contributed by atoms with Gasteiger partial charge in [-0.05, 0) is 40.3 Å². The zero-order valence-corrected chi connectivity index (χ0v) is 11.0. The second-order valence-corrected chi connectivity index (χ2v) is 5.80. The van der Waals surface area contributed by atoms with Gasteiger partial charge in [-0.1, -0.05) is 20.8 Å². The number of hydrogen-bond donors (Lipinski definition) is 0. The summed E-state index contributed by atoms with van der Waals surface area (Å²) in [6, 6.07) is 2.04.